The van der Waals surface area contributed by atoms with Crippen LogP contribution in [0.5, 0.6) is 5.75 Å². The highest BCUT2D eigenvalue weighted by Gasteiger charge is 2.64. The summed E-state index contributed by atoms with van der Waals surface area (Å²) in [7, 11) is 3.15. The zero-order valence-corrected chi connectivity index (χ0v) is 18.9. The lowest BCUT2D eigenvalue weighted by Crippen LogP contribution is -2.65. The number of benzene rings is 1. The van der Waals surface area contributed by atoms with Gasteiger partial charge in [-0.05, 0) is 57.3 Å². The summed E-state index contributed by atoms with van der Waals surface area (Å²) >= 11 is 0. The van der Waals surface area contributed by atoms with Crippen LogP contribution < -0.4 is 11.1 Å². The number of amides is 1. The van der Waals surface area contributed by atoms with Crippen molar-refractivity contribution in [2.45, 2.75) is 37.3 Å². The van der Waals surface area contributed by atoms with Crippen LogP contribution in [0.25, 0.3) is 5.76 Å². The molecule has 180 valence electrons. The van der Waals surface area contributed by atoms with Gasteiger partial charge in [-0.25, -0.2) is 0 Å². The van der Waals surface area contributed by atoms with E-state index in [1.807, 2.05) is 6.07 Å². The monoisotopic (exact) mass is 469 g/mol. The first-order valence-electron chi connectivity index (χ1n) is 11.3. The van der Waals surface area contributed by atoms with Gasteiger partial charge in [-0.2, -0.15) is 0 Å². The third-order valence-electron chi connectivity index (χ3n) is 7.74. The predicted octanol–water partition coefficient (Wildman–Crippen LogP) is 0.322. The Morgan fingerprint density at radius 3 is 2.59 bits per heavy atom. The number of fused-ring (bicyclic) bond motifs is 4. The van der Waals surface area contributed by atoms with Crippen LogP contribution in [0, 0.1) is 11.8 Å². The molecule has 1 saturated carbocycles. The lowest BCUT2D eigenvalue weighted by molar-refractivity contribution is -0.153. The summed E-state index contributed by atoms with van der Waals surface area (Å²) in [5.74, 6) is -6.30. The van der Waals surface area contributed by atoms with Crippen molar-refractivity contribution >= 4 is 28.9 Å². The molecule has 0 unspecified atom stereocenters. The number of ketones is 2. The van der Waals surface area contributed by atoms with Gasteiger partial charge in [0.25, 0.3) is 5.91 Å². The summed E-state index contributed by atoms with van der Waals surface area (Å²) in [5.41, 5.74) is 3.97. The zero-order chi connectivity index (χ0) is 24.7. The van der Waals surface area contributed by atoms with Crippen LogP contribution >= 0.6 is 0 Å². The van der Waals surface area contributed by atoms with E-state index in [1.165, 1.54) is 4.90 Å². The maximum absolute atomic E-state index is 13.8. The lowest BCUT2D eigenvalue weighted by atomic mass is 9.57. The number of aliphatic hydroxyl groups is 3. The fourth-order valence-corrected chi connectivity index (χ4v) is 6.24. The Labute approximate surface area is 195 Å². The van der Waals surface area contributed by atoms with Gasteiger partial charge in [-0.15, -0.1) is 0 Å². The van der Waals surface area contributed by atoms with Crippen molar-refractivity contribution in [2.75, 3.05) is 26.0 Å². The van der Waals surface area contributed by atoms with E-state index >= 15 is 0 Å². The number of nitrogens with two attached hydrogens (primary N) is 1. The van der Waals surface area contributed by atoms with Crippen molar-refractivity contribution < 1.29 is 34.8 Å². The summed E-state index contributed by atoms with van der Waals surface area (Å²) in [6, 6.07) is 0.774. The van der Waals surface area contributed by atoms with Gasteiger partial charge in [-0.1, -0.05) is 0 Å². The highest BCUT2D eigenvalue weighted by atomic mass is 16.3. The topological polar surface area (TPSA) is 173 Å². The molecule has 1 aliphatic heterocycles. The Morgan fingerprint density at radius 1 is 1.24 bits per heavy atom. The van der Waals surface area contributed by atoms with Crippen LogP contribution in [0.3, 0.4) is 0 Å². The molecular formula is C24H27N3O7. The van der Waals surface area contributed by atoms with Gasteiger partial charge in [0.15, 0.2) is 11.4 Å². The Balaban J connectivity index is 1.73. The van der Waals surface area contributed by atoms with E-state index < -0.39 is 58.0 Å². The van der Waals surface area contributed by atoms with Crippen LogP contribution in [0.15, 0.2) is 23.0 Å². The fraction of sp³-hybridized carbons (Fsp3) is 0.458. The summed E-state index contributed by atoms with van der Waals surface area (Å²) in [6.07, 6.45) is 1.77. The van der Waals surface area contributed by atoms with Gasteiger partial charge in [0.1, 0.15) is 22.8 Å². The maximum Gasteiger partial charge on any atom is 0.255 e. The van der Waals surface area contributed by atoms with Crippen molar-refractivity contribution in [2.24, 2.45) is 17.6 Å². The fourth-order valence-electron chi connectivity index (χ4n) is 6.24. The molecule has 0 saturated heterocycles. The normalized spacial score (nSPS) is 30.4. The molecule has 1 fully saturated rings. The summed E-state index contributed by atoms with van der Waals surface area (Å²) in [5, 5.41) is 47.8. The standard InChI is InChI=1S/C24H27N3O7/c1-27(2)17-12-7-9-6-10-8-13-11(4-3-5-26-13)18(28)14(10)19(29)15(9)21(31)24(12,34)22(32)16(20(17)30)23(25)33/h8-9,12,17,26,28-29,32,34H,3-7H2,1-2H3,(H2,25,33)/t9-,12-,17-,24-/m0/s1. The molecule has 0 radical (unpaired) electrons. The third kappa shape index (κ3) is 2.72. The van der Waals surface area contributed by atoms with Gasteiger partial charge in [0, 0.05) is 29.3 Å². The number of hydrogen-bond donors (Lipinski definition) is 6. The molecule has 5 rings (SSSR count). The Morgan fingerprint density at radius 2 is 1.94 bits per heavy atom. The molecule has 1 amide bonds. The SMILES string of the molecule is CN(C)[C@@H]1C(=O)C(C(N)=O)=C(O)[C@@]2(O)C(=O)C3=C(O)c4c(cc5c(c4O)CCCN5)C[C@H]3C[C@@H]12. The molecule has 4 atom stereocenters. The van der Waals surface area contributed by atoms with Crippen LogP contribution in [0.1, 0.15) is 29.5 Å². The first-order chi connectivity index (χ1) is 16.0. The van der Waals surface area contributed by atoms with Gasteiger partial charge >= 0.3 is 0 Å². The van der Waals surface area contributed by atoms with Crippen molar-refractivity contribution in [3.05, 3.63) is 39.7 Å². The molecule has 3 aliphatic carbocycles. The number of rotatable bonds is 2. The number of carbonyl (C=O) groups excluding carboxylic acids is 3. The van der Waals surface area contributed by atoms with E-state index in [1.54, 1.807) is 14.1 Å². The van der Waals surface area contributed by atoms with E-state index in [4.69, 9.17) is 5.73 Å². The molecule has 1 heterocycles. The second kappa shape index (κ2) is 7.31. The summed E-state index contributed by atoms with van der Waals surface area (Å²) < 4.78 is 0. The van der Waals surface area contributed by atoms with Crippen molar-refractivity contribution in [3.63, 3.8) is 0 Å². The number of primary amides is 1. The van der Waals surface area contributed by atoms with Gasteiger partial charge in [0.05, 0.1) is 11.6 Å². The molecule has 1 aromatic rings. The molecule has 7 N–H and O–H groups in total. The van der Waals surface area contributed by atoms with Crippen LogP contribution in [-0.2, 0) is 27.2 Å². The highest BCUT2D eigenvalue weighted by Crippen LogP contribution is 2.53. The average Bonchev–Trinajstić information content (AvgIpc) is 2.76. The molecular weight excluding hydrogens is 442 g/mol. The van der Waals surface area contributed by atoms with E-state index in [-0.39, 0.29) is 29.7 Å². The third-order valence-corrected chi connectivity index (χ3v) is 7.74. The minimum atomic E-state index is -2.62. The molecule has 10 heteroatoms. The summed E-state index contributed by atoms with van der Waals surface area (Å²) in [6.45, 7) is 0.760. The minimum Gasteiger partial charge on any atom is -0.508 e. The van der Waals surface area contributed by atoms with Crippen LogP contribution in [0.4, 0.5) is 5.69 Å². The molecule has 4 aliphatic rings. The summed E-state index contributed by atoms with van der Waals surface area (Å²) in [4.78, 5) is 40.3. The Kier molecular flexibility index (Phi) is 4.82. The molecule has 0 bridgehead atoms. The van der Waals surface area contributed by atoms with Crippen molar-refractivity contribution in [3.8, 4) is 5.75 Å². The Bertz CT molecular complexity index is 1230. The number of carbonyl (C=O) groups is 3. The number of aliphatic hydroxyl groups excluding tert-OH is 2. The quantitative estimate of drug-likeness (QED) is 0.333. The molecule has 10 nitrogen and oxygen atoms in total. The van der Waals surface area contributed by atoms with Crippen molar-refractivity contribution in [1.82, 2.24) is 4.90 Å². The molecule has 1 aromatic carbocycles. The van der Waals surface area contributed by atoms with E-state index in [2.05, 4.69) is 5.32 Å². The first-order valence-corrected chi connectivity index (χ1v) is 11.3. The lowest BCUT2D eigenvalue weighted by Gasteiger charge is -2.50. The number of likely N-dealkylation sites (N-methyl/N-ethyl adjacent to an activating group) is 1. The van der Waals surface area contributed by atoms with Crippen LogP contribution in [-0.4, -0.2) is 75.1 Å². The van der Waals surface area contributed by atoms with Crippen molar-refractivity contribution in [1.29, 1.82) is 0 Å². The number of anilines is 1. The number of phenols is 1. The van der Waals surface area contributed by atoms with E-state index in [9.17, 15) is 34.8 Å². The second-order valence-corrected chi connectivity index (χ2v) is 9.78. The smallest absolute Gasteiger partial charge is 0.255 e. The van der Waals surface area contributed by atoms with E-state index in [0.29, 0.717) is 17.5 Å². The Hall–Kier alpha value is -3.37. The predicted molar refractivity (Wildman–Crippen MR) is 121 cm³/mol. The van der Waals surface area contributed by atoms with E-state index in [0.717, 1.165) is 18.7 Å². The van der Waals surface area contributed by atoms with Crippen LogP contribution in [0.2, 0.25) is 0 Å². The molecule has 34 heavy (non-hydrogen) atoms. The largest absolute Gasteiger partial charge is 0.508 e. The van der Waals surface area contributed by atoms with Gasteiger partial charge in [-0.3, -0.25) is 19.3 Å². The number of aromatic hydroxyl groups is 1. The number of nitrogens with zero attached hydrogens (tertiary/aromatic N) is 1. The number of nitrogens with one attached hydrogen (secondary N) is 1. The first kappa shape index (κ1) is 22.4. The minimum absolute atomic E-state index is 0.0804. The maximum atomic E-state index is 13.8. The zero-order valence-electron chi connectivity index (χ0n) is 18.9. The second-order valence-electron chi connectivity index (χ2n) is 9.78. The molecule has 0 aromatic heterocycles. The van der Waals surface area contributed by atoms with Gasteiger partial charge < -0.3 is 31.5 Å². The molecule has 0 spiro atoms. The average molecular weight is 469 g/mol. The number of phenolic OH excluding ortho intramolecular Hbond substituents is 1. The number of Topliss-reactive ketones (excluding diaryl/α,β-unsaturated/α-hetero) is 2. The van der Waals surface area contributed by atoms with Gasteiger partial charge in [0.2, 0.25) is 5.78 Å². The number of hydrogen-bond acceptors (Lipinski definition) is 9. The highest BCUT2D eigenvalue weighted by molar-refractivity contribution is 6.24.